The lowest BCUT2D eigenvalue weighted by Gasteiger charge is -2.34. The highest BCUT2D eigenvalue weighted by Crippen LogP contribution is 2.15. The van der Waals surface area contributed by atoms with Gasteiger partial charge in [-0.25, -0.2) is 0 Å². The second-order valence-electron chi connectivity index (χ2n) is 9.45. The molecule has 0 heterocycles. The number of quaternary nitrogens is 1. The van der Waals surface area contributed by atoms with E-state index in [2.05, 4.69) is 27.8 Å². The standard InChI is InChI=1S/C26H56N/c1-5-8-10-12-14-16-18-20-22-25-27(4,24-7-3)26-23-21-19-17-15-13-11-9-6-2/h5-26H2,1-4H3/q+1. The van der Waals surface area contributed by atoms with Crippen molar-refractivity contribution < 1.29 is 4.48 Å². The van der Waals surface area contributed by atoms with E-state index in [0.29, 0.717) is 0 Å². The minimum atomic E-state index is 1.34. The van der Waals surface area contributed by atoms with Crippen LogP contribution in [-0.2, 0) is 0 Å². The Bertz CT molecular complexity index is 251. The van der Waals surface area contributed by atoms with E-state index in [4.69, 9.17) is 0 Å². The fraction of sp³-hybridized carbons (Fsp3) is 1.00. The molecule has 0 aromatic heterocycles. The second kappa shape index (κ2) is 20.7. The van der Waals surface area contributed by atoms with Crippen LogP contribution in [0.15, 0.2) is 0 Å². The highest BCUT2D eigenvalue weighted by molar-refractivity contribution is 4.50. The SMILES string of the molecule is CCCCCCCCCCC[N+](C)(CCC)CCCCCCCCCCC. The quantitative estimate of drug-likeness (QED) is 0.129. The molecule has 0 atom stereocenters. The lowest BCUT2D eigenvalue weighted by molar-refractivity contribution is -0.910. The molecule has 1 nitrogen and oxygen atoms in total. The maximum Gasteiger partial charge on any atom is 0.0784 e. The van der Waals surface area contributed by atoms with Crippen LogP contribution in [0.25, 0.3) is 0 Å². The predicted octanol–water partition coefficient (Wildman–Crippen LogP) is 8.90. The lowest BCUT2D eigenvalue weighted by Crippen LogP contribution is -2.46. The number of hydrogen-bond acceptors (Lipinski definition) is 0. The van der Waals surface area contributed by atoms with E-state index < -0.39 is 0 Å². The molecule has 0 aromatic rings. The van der Waals surface area contributed by atoms with Gasteiger partial charge in [-0.1, -0.05) is 111 Å². The van der Waals surface area contributed by atoms with E-state index in [0.717, 1.165) is 0 Å². The first kappa shape index (κ1) is 27.0. The third kappa shape index (κ3) is 19.1. The minimum absolute atomic E-state index is 1.34. The first-order chi connectivity index (χ1) is 13.2. The Morgan fingerprint density at radius 1 is 0.333 bits per heavy atom. The van der Waals surface area contributed by atoms with Gasteiger partial charge in [0.15, 0.2) is 0 Å². The molecule has 0 bridgehead atoms. The molecule has 0 aliphatic rings. The van der Waals surface area contributed by atoms with Crippen molar-refractivity contribution in [1.82, 2.24) is 0 Å². The molecule has 0 saturated heterocycles. The van der Waals surface area contributed by atoms with Gasteiger partial charge in [-0.15, -0.1) is 0 Å². The van der Waals surface area contributed by atoms with Crippen LogP contribution in [0.1, 0.15) is 143 Å². The zero-order valence-corrected chi connectivity index (χ0v) is 20.0. The van der Waals surface area contributed by atoms with Crippen molar-refractivity contribution in [2.45, 2.75) is 143 Å². The van der Waals surface area contributed by atoms with E-state index >= 15 is 0 Å². The van der Waals surface area contributed by atoms with Gasteiger partial charge in [0.1, 0.15) is 0 Å². The molecule has 0 N–H and O–H groups in total. The van der Waals surface area contributed by atoms with Gasteiger partial charge in [-0.3, -0.25) is 0 Å². The molecule has 0 rings (SSSR count). The minimum Gasteiger partial charge on any atom is -0.326 e. The number of rotatable bonds is 22. The van der Waals surface area contributed by atoms with Gasteiger partial charge in [0, 0.05) is 0 Å². The smallest absolute Gasteiger partial charge is 0.0784 e. The van der Waals surface area contributed by atoms with Crippen molar-refractivity contribution in [3.05, 3.63) is 0 Å². The third-order valence-electron chi connectivity index (χ3n) is 6.37. The molecule has 164 valence electrons. The topological polar surface area (TPSA) is 0 Å². The number of hydrogen-bond donors (Lipinski definition) is 0. The summed E-state index contributed by atoms with van der Waals surface area (Å²) in [5.41, 5.74) is 0. The summed E-state index contributed by atoms with van der Waals surface area (Å²) in [6.45, 7) is 11.2. The maximum absolute atomic E-state index is 2.53. The highest BCUT2D eigenvalue weighted by Gasteiger charge is 2.19. The van der Waals surface area contributed by atoms with Crippen LogP contribution in [0.4, 0.5) is 0 Å². The van der Waals surface area contributed by atoms with Crippen LogP contribution >= 0.6 is 0 Å². The van der Waals surface area contributed by atoms with Crippen LogP contribution in [0.5, 0.6) is 0 Å². The summed E-state index contributed by atoms with van der Waals surface area (Å²) in [7, 11) is 2.53. The van der Waals surface area contributed by atoms with E-state index in [9.17, 15) is 0 Å². The van der Waals surface area contributed by atoms with Crippen LogP contribution in [0.2, 0.25) is 0 Å². The van der Waals surface area contributed by atoms with E-state index in [1.807, 2.05) is 0 Å². The molecule has 0 amide bonds. The highest BCUT2D eigenvalue weighted by atomic mass is 15.3. The lowest BCUT2D eigenvalue weighted by atomic mass is 10.1. The average Bonchev–Trinajstić information content (AvgIpc) is 2.66. The first-order valence-electron chi connectivity index (χ1n) is 13.0. The van der Waals surface area contributed by atoms with Crippen molar-refractivity contribution in [2.75, 3.05) is 26.7 Å². The van der Waals surface area contributed by atoms with Crippen LogP contribution in [-0.4, -0.2) is 31.2 Å². The Labute approximate surface area is 174 Å². The van der Waals surface area contributed by atoms with Crippen molar-refractivity contribution in [3.8, 4) is 0 Å². The third-order valence-corrected chi connectivity index (χ3v) is 6.37. The van der Waals surface area contributed by atoms with Crippen LogP contribution < -0.4 is 0 Å². The van der Waals surface area contributed by atoms with Crippen molar-refractivity contribution in [2.24, 2.45) is 0 Å². The molecule has 0 aromatic carbocycles. The van der Waals surface area contributed by atoms with Crippen molar-refractivity contribution in [3.63, 3.8) is 0 Å². The Morgan fingerprint density at radius 3 is 0.926 bits per heavy atom. The van der Waals surface area contributed by atoms with Crippen molar-refractivity contribution in [1.29, 1.82) is 0 Å². The fourth-order valence-corrected chi connectivity index (χ4v) is 4.48. The zero-order valence-electron chi connectivity index (χ0n) is 20.0. The molecule has 0 saturated carbocycles. The Hall–Kier alpha value is -0.0400. The average molecular weight is 383 g/mol. The second-order valence-corrected chi connectivity index (χ2v) is 9.45. The largest absolute Gasteiger partial charge is 0.326 e. The van der Waals surface area contributed by atoms with Gasteiger partial charge in [0.05, 0.1) is 26.7 Å². The number of unbranched alkanes of at least 4 members (excludes halogenated alkanes) is 16. The van der Waals surface area contributed by atoms with Gasteiger partial charge in [0.2, 0.25) is 0 Å². The summed E-state index contributed by atoms with van der Waals surface area (Å²) in [4.78, 5) is 0. The summed E-state index contributed by atoms with van der Waals surface area (Å²) in [6.07, 6.45) is 27.4. The van der Waals surface area contributed by atoms with Gasteiger partial charge >= 0.3 is 0 Å². The molecule has 0 aliphatic carbocycles. The fourth-order valence-electron chi connectivity index (χ4n) is 4.48. The molecule has 0 unspecified atom stereocenters. The maximum atomic E-state index is 2.53. The van der Waals surface area contributed by atoms with E-state index in [1.165, 1.54) is 146 Å². The molecule has 0 radical (unpaired) electrons. The molecule has 27 heavy (non-hydrogen) atoms. The Balaban J connectivity index is 3.63. The van der Waals surface area contributed by atoms with Crippen LogP contribution in [0.3, 0.4) is 0 Å². The number of nitrogens with zero attached hydrogens (tertiary/aromatic N) is 1. The molecule has 0 fully saturated rings. The summed E-state index contributed by atoms with van der Waals surface area (Å²) >= 11 is 0. The summed E-state index contributed by atoms with van der Waals surface area (Å²) in [6, 6.07) is 0. The monoisotopic (exact) mass is 382 g/mol. The Kier molecular flexibility index (Phi) is 20.7. The predicted molar refractivity (Wildman–Crippen MR) is 126 cm³/mol. The summed E-state index contributed by atoms with van der Waals surface area (Å²) < 4.78 is 1.34. The molecule has 0 spiro atoms. The van der Waals surface area contributed by atoms with Gasteiger partial charge in [0.25, 0.3) is 0 Å². The molecule has 1 heteroatoms. The molecular weight excluding hydrogens is 326 g/mol. The van der Waals surface area contributed by atoms with E-state index in [-0.39, 0.29) is 0 Å². The first-order valence-corrected chi connectivity index (χ1v) is 13.0. The zero-order chi connectivity index (χ0) is 20.1. The van der Waals surface area contributed by atoms with E-state index in [1.54, 1.807) is 0 Å². The van der Waals surface area contributed by atoms with Crippen molar-refractivity contribution >= 4 is 0 Å². The van der Waals surface area contributed by atoms with Crippen LogP contribution in [0, 0.1) is 0 Å². The Morgan fingerprint density at radius 2 is 0.630 bits per heavy atom. The normalized spacial score (nSPS) is 12.0. The molecule has 0 aliphatic heterocycles. The summed E-state index contributed by atoms with van der Waals surface area (Å²) in [5, 5.41) is 0. The summed E-state index contributed by atoms with van der Waals surface area (Å²) in [5.74, 6) is 0. The molecular formula is C26H56N+. The van der Waals surface area contributed by atoms with Gasteiger partial charge < -0.3 is 4.48 Å². The van der Waals surface area contributed by atoms with Gasteiger partial charge in [-0.2, -0.15) is 0 Å². The van der Waals surface area contributed by atoms with Gasteiger partial charge in [-0.05, 0) is 32.1 Å².